The maximum absolute atomic E-state index is 12.1. The average molecular weight is 648 g/mol. The van der Waals surface area contributed by atoms with Gasteiger partial charge in [-0.05, 0) is 12.8 Å². The summed E-state index contributed by atoms with van der Waals surface area (Å²) in [6.45, 7) is 9.28. The fourth-order valence-corrected chi connectivity index (χ4v) is 4.55. The Labute approximate surface area is 267 Å². The van der Waals surface area contributed by atoms with Gasteiger partial charge in [0, 0.05) is 25.6 Å². The van der Waals surface area contributed by atoms with E-state index in [1.54, 1.807) is 11.6 Å². The average Bonchev–Trinajstić information content (AvgIpc) is 3.47. The fourth-order valence-electron chi connectivity index (χ4n) is 3.91. The van der Waals surface area contributed by atoms with Gasteiger partial charge in [-0.15, -0.1) is 5.10 Å². The summed E-state index contributed by atoms with van der Waals surface area (Å²) in [4.78, 5) is 23.0. The maximum atomic E-state index is 12.1. The lowest BCUT2D eigenvalue weighted by atomic mass is 10.1. The number of unbranched alkanes of at least 4 members (excludes halogenated alkanes) is 7. The second-order valence-electron chi connectivity index (χ2n) is 10.1. The Bertz CT molecular complexity index is 805. The van der Waals surface area contributed by atoms with Crippen LogP contribution in [0.1, 0.15) is 70.4 Å². The molecule has 0 aliphatic rings. The molecule has 0 fully saturated rings. The van der Waals surface area contributed by atoms with E-state index in [9.17, 15) is 9.59 Å². The van der Waals surface area contributed by atoms with Gasteiger partial charge in [-0.3, -0.25) is 9.59 Å². The first-order valence-electron chi connectivity index (χ1n) is 16.1. The Hall–Kier alpha value is -1.65. The molecule has 1 rings (SSSR count). The van der Waals surface area contributed by atoms with Crippen LogP contribution in [0.2, 0.25) is 0 Å². The molecule has 0 aromatic carbocycles. The number of carbonyl (C=O) groups excluding carboxylic acids is 2. The molecule has 256 valence electrons. The molecular weight excluding hydrogens is 590 g/mol. The molecule has 14 heteroatoms. The van der Waals surface area contributed by atoms with Crippen LogP contribution >= 0.6 is 11.8 Å². The topological polar surface area (TPSA) is 158 Å². The second kappa shape index (κ2) is 31.3. The van der Waals surface area contributed by atoms with Crippen molar-refractivity contribution in [1.29, 1.82) is 0 Å². The lowest BCUT2D eigenvalue weighted by Crippen LogP contribution is -2.22. The van der Waals surface area contributed by atoms with Crippen molar-refractivity contribution < 1.29 is 38.0 Å². The number of hydrogen-bond acceptors (Lipinski definition) is 12. The van der Waals surface area contributed by atoms with Gasteiger partial charge in [-0.1, -0.05) is 55.5 Å². The number of amides is 1. The summed E-state index contributed by atoms with van der Waals surface area (Å²) in [5.74, 6) is 0.986. The Morgan fingerprint density at radius 3 is 1.73 bits per heavy atom. The lowest BCUT2D eigenvalue weighted by molar-refractivity contribution is -0.121. The minimum absolute atomic E-state index is 0.0479. The molecule has 0 spiro atoms. The summed E-state index contributed by atoms with van der Waals surface area (Å²) in [5.41, 5.74) is 6.06. The van der Waals surface area contributed by atoms with Gasteiger partial charge in [0.15, 0.2) is 5.12 Å². The van der Waals surface area contributed by atoms with E-state index in [-0.39, 0.29) is 11.0 Å². The van der Waals surface area contributed by atoms with Crippen molar-refractivity contribution in [3.63, 3.8) is 0 Å². The van der Waals surface area contributed by atoms with Crippen molar-refractivity contribution in [3.05, 3.63) is 11.9 Å². The highest BCUT2D eigenvalue weighted by Crippen LogP contribution is 2.12. The molecule has 0 atom stereocenters. The van der Waals surface area contributed by atoms with Crippen LogP contribution in [-0.4, -0.2) is 118 Å². The molecule has 1 aromatic heterocycles. The summed E-state index contributed by atoms with van der Waals surface area (Å²) in [6.07, 6.45) is 11.5. The highest BCUT2D eigenvalue weighted by atomic mass is 32.2. The van der Waals surface area contributed by atoms with Crippen molar-refractivity contribution in [1.82, 2.24) is 20.3 Å². The van der Waals surface area contributed by atoms with Crippen molar-refractivity contribution in [2.24, 2.45) is 5.73 Å². The van der Waals surface area contributed by atoms with Crippen LogP contribution in [-0.2, 0) is 51.1 Å². The maximum Gasteiger partial charge on any atom is 0.220 e. The number of nitrogens with zero attached hydrogens (tertiary/aromatic N) is 3. The fraction of sp³-hybridized carbons (Fsp3) is 0.867. The van der Waals surface area contributed by atoms with Crippen LogP contribution in [0.5, 0.6) is 0 Å². The molecule has 44 heavy (non-hydrogen) atoms. The molecule has 0 aliphatic carbocycles. The van der Waals surface area contributed by atoms with Gasteiger partial charge in [0.05, 0.1) is 98.6 Å². The normalized spacial score (nSPS) is 11.3. The van der Waals surface area contributed by atoms with E-state index < -0.39 is 0 Å². The minimum Gasteiger partial charge on any atom is -0.378 e. The summed E-state index contributed by atoms with van der Waals surface area (Å²) in [7, 11) is 0. The SMILES string of the molecule is CC(=O)SCCCCCCCCCCC(=O)NCc1cn(CCOCCOCCOCCOCCOCCOCCN)nn1. The van der Waals surface area contributed by atoms with Gasteiger partial charge in [0.1, 0.15) is 5.69 Å². The molecule has 1 amide bonds. The van der Waals surface area contributed by atoms with Gasteiger partial charge in [0.2, 0.25) is 5.91 Å². The molecule has 0 saturated heterocycles. The molecule has 1 heterocycles. The van der Waals surface area contributed by atoms with Crippen LogP contribution in [0.15, 0.2) is 6.20 Å². The molecular formula is C30H57N5O8S. The zero-order valence-electron chi connectivity index (χ0n) is 26.8. The second-order valence-corrected chi connectivity index (χ2v) is 11.4. The largest absolute Gasteiger partial charge is 0.378 e. The van der Waals surface area contributed by atoms with Gasteiger partial charge in [0.25, 0.3) is 0 Å². The Kier molecular flexibility index (Phi) is 28.8. The van der Waals surface area contributed by atoms with Crippen molar-refractivity contribution in [2.45, 2.75) is 77.8 Å². The number of carbonyl (C=O) groups is 2. The first kappa shape index (κ1) is 40.4. The number of hydrogen-bond donors (Lipinski definition) is 2. The first-order chi connectivity index (χ1) is 21.6. The van der Waals surface area contributed by atoms with Crippen LogP contribution in [0.4, 0.5) is 0 Å². The van der Waals surface area contributed by atoms with Crippen LogP contribution in [0.3, 0.4) is 0 Å². The molecule has 1 aromatic rings. The smallest absolute Gasteiger partial charge is 0.220 e. The third kappa shape index (κ3) is 27.9. The van der Waals surface area contributed by atoms with Crippen LogP contribution in [0, 0.1) is 0 Å². The van der Waals surface area contributed by atoms with E-state index in [2.05, 4.69) is 15.6 Å². The van der Waals surface area contributed by atoms with Crippen LogP contribution < -0.4 is 11.1 Å². The molecule has 0 saturated carbocycles. The molecule has 0 bridgehead atoms. The van der Waals surface area contributed by atoms with E-state index >= 15 is 0 Å². The number of rotatable bonds is 33. The first-order valence-corrected chi connectivity index (χ1v) is 17.1. The zero-order chi connectivity index (χ0) is 31.8. The van der Waals surface area contributed by atoms with Gasteiger partial charge < -0.3 is 39.5 Å². The molecule has 3 N–H and O–H groups in total. The van der Waals surface area contributed by atoms with Crippen molar-refractivity contribution in [2.75, 3.05) is 91.6 Å². The number of nitrogens with one attached hydrogen (secondary N) is 1. The monoisotopic (exact) mass is 647 g/mol. The molecule has 0 aliphatic heterocycles. The standard InChI is InChI=1S/C30H57N5O8S/c1-28(36)44-25-9-7-5-3-2-4-6-8-10-30(37)32-26-29-27-35(34-33-29)12-14-39-16-18-41-20-22-43-24-23-42-21-19-40-17-15-38-13-11-31/h27H,2-26,31H2,1H3,(H,32,37). The molecule has 0 radical (unpaired) electrons. The summed E-state index contributed by atoms with van der Waals surface area (Å²) >= 11 is 1.42. The van der Waals surface area contributed by atoms with E-state index in [0.29, 0.717) is 105 Å². The van der Waals surface area contributed by atoms with E-state index in [0.717, 1.165) is 37.1 Å². The lowest BCUT2D eigenvalue weighted by Gasteiger charge is -2.08. The van der Waals surface area contributed by atoms with Crippen molar-refractivity contribution in [3.8, 4) is 0 Å². The van der Waals surface area contributed by atoms with Crippen molar-refractivity contribution >= 4 is 22.8 Å². The van der Waals surface area contributed by atoms with E-state index in [1.165, 1.54) is 37.4 Å². The van der Waals surface area contributed by atoms with Gasteiger partial charge in [-0.25, -0.2) is 4.68 Å². The van der Waals surface area contributed by atoms with E-state index in [4.69, 9.17) is 34.2 Å². The summed E-state index contributed by atoms with van der Waals surface area (Å²) < 4.78 is 34.3. The Morgan fingerprint density at radius 1 is 0.727 bits per heavy atom. The van der Waals surface area contributed by atoms with E-state index in [1.807, 2.05) is 6.20 Å². The predicted molar refractivity (Wildman–Crippen MR) is 171 cm³/mol. The van der Waals surface area contributed by atoms with Gasteiger partial charge in [-0.2, -0.15) is 0 Å². The summed E-state index contributed by atoms with van der Waals surface area (Å²) in [5, 5.41) is 11.3. The zero-order valence-corrected chi connectivity index (χ0v) is 27.7. The predicted octanol–water partition coefficient (Wildman–Crippen LogP) is 2.74. The quantitative estimate of drug-likeness (QED) is 0.108. The number of thioether (sulfide) groups is 1. The minimum atomic E-state index is 0.0479. The molecule has 0 unspecified atom stereocenters. The Balaban J connectivity index is 1.83. The number of aromatic nitrogens is 3. The highest BCUT2D eigenvalue weighted by Gasteiger charge is 2.05. The molecule has 13 nitrogen and oxygen atoms in total. The van der Waals surface area contributed by atoms with Gasteiger partial charge >= 0.3 is 0 Å². The highest BCUT2D eigenvalue weighted by molar-refractivity contribution is 8.13. The third-order valence-electron chi connectivity index (χ3n) is 6.24. The third-order valence-corrected chi connectivity index (χ3v) is 7.14. The number of ether oxygens (including phenoxy) is 6. The van der Waals surface area contributed by atoms with Crippen LogP contribution in [0.25, 0.3) is 0 Å². The Morgan fingerprint density at radius 2 is 1.20 bits per heavy atom. The summed E-state index contributed by atoms with van der Waals surface area (Å²) in [6, 6.07) is 0. The number of nitrogens with two attached hydrogens (primary N) is 1.